The Balaban J connectivity index is 2.30. The molecule has 0 aliphatic carbocycles. The molecule has 1 aromatic rings. The number of fused-ring (bicyclic) bond motifs is 1. The van der Waals surface area contributed by atoms with Crippen molar-refractivity contribution in [3.05, 3.63) is 28.2 Å². The predicted molar refractivity (Wildman–Crippen MR) is 54.3 cm³/mol. The van der Waals surface area contributed by atoms with Crippen LogP contribution in [0.25, 0.3) is 0 Å². The van der Waals surface area contributed by atoms with Gasteiger partial charge in [-0.2, -0.15) is 0 Å². The maximum atomic E-state index is 5.58. The van der Waals surface area contributed by atoms with E-state index in [1.54, 1.807) is 0 Å². The summed E-state index contributed by atoms with van der Waals surface area (Å²) in [5, 5.41) is 3.37. The van der Waals surface area contributed by atoms with Gasteiger partial charge in [0.2, 0.25) is 0 Å². The topological polar surface area (TPSA) is 38.0 Å². The van der Waals surface area contributed by atoms with Crippen LogP contribution in [-0.4, -0.2) is 12.6 Å². The summed E-state index contributed by atoms with van der Waals surface area (Å²) >= 11 is 3.45. The lowest BCUT2D eigenvalue weighted by atomic mass is 10.1. The molecule has 0 spiro atoms. The first kappa shape index (κ1) is 8.08. The molecule has 0 amide bonds. The van der Waals surface area contributed by atoms with Gasteiger partial charge in [-0.15, -0.1) is 0 Å². The molecule has 0 aromatic heterocycles. The summed E-state index contributed by atoms with van der Waals surface area (Å²) in [4.78, 5) is 0. The quantitative estimate of drug-likeness (QED) is 0.766. The lowest BCUT2D eigenvalue weighted by molar-refractivity contribution is 0.760. The van der Waals surface area contributed by atoms with Crippen LogP contribution in [0, 0.1) is 0 Å². The number of anilines is 1. The largest absolute Gasteiger partial charge is 0.380 e. The second kappa shape index (κ2) is 3.07. The van der Waals surface area contributed by atoms with Gasteiger partial charge in [0, 0.05) is 22.7 Å². The molecule has 3 heteroatoms. The van der Waals surface area contributed by atoms with Gasteiger partial charge >= 0.3 is 0 Å². The van der Waals surface area contributed by atoms with E-state index in [1.807, 2.05) is 6.07 Å². The van der Waals surface area contributed by atoms with Crippen molar-refractivity contribution in [2.45, 2.75) is 12.5 Å². The third-order valence-corrected chi connectivity index (χ3v) is 2.67. The Kier molecular flexibility index (Phi) is 2.07. The third-order valence-electron chi connectivity index (χ3n) is 2.18. The average Bonchev–Trinajstić information content (AvgIpc) is 2.46. The van der Waals surface area contributed by atoms with Crippen LogP contribution in [0.5, 0.6) is 0 Å². The van der Waals surface area contributed by atoms with Gasteiger partial charge in [0.05, 0.1) is 0 Å². The number of hydrogen-bond donors (Lipinski definition) is 2. The molecular weight excluding hydrogens is 216 g/mol. The summed E-state index contributed by atoms with van der Waals surface area (Å²) in [7, 11) is 0. The van der Waals surface area contributed by atoms with Gasteiger partial charge in [0.1, 0.15) is 0 Å². The van der Waals surface area contributed by atoms with Crippen LogP contribution in [0.1, 0.15) is 5.56 Å². The molecule has 0 saturated carbocycles. The molecule has 1 aliphatic rings. The van der Waals surface area contributed by atoms with E-state index >= 15 is 0 Å². The summed E-state index contributed by atoms with van der Waals surface area (Å²) in [6.45, 7) is 0.701. The first-order valence-corrected chi connectivity index (χ1v) is 4.84. The lowest BCUT2D eigenvalue weighted by Crippen LogP contribution is -2.25. The number of nitrogens with two attached hydrogens (primary N) is 1. The van der Waals surface area contributed by atoms with Crippen LogP contribution in [0.15, 0.2) is 22.7 Å². The summed E-state index contributed by atoms with van der Waals surface area (Å²) in [6, 6.07) is 6.71. The Bertz CT molecular complexity index is 299. The third kappa shape index (κ3) is 1.34. The molecule has 0 saturated heterocycles. The van der Waals surface area contributed by atoms with E-state index in [-0.39, 0.29) is 0 Å². The number of nitrogens with one attached hydrogen (secondary N) is 1. The molecule has 0 radical (unpaired) electrons. The molecule has 2 nitrogen and oxygen atoms in total. The summed E-state index contributed by atoms with van der Waals surface area (Å²) in [5.41, 5.74) is 8.17. The number of halogens is 1. The highest BCUT2D eigenvalue weighted by molar-refractivity contribution is 9.10. The molecule has 1 heterocycles. The Hall–Kier alpha value is -0.540. The molecule has 12 heavy (non-hydrogen) atoms. The fourth-order valence-corrected chi connectivity index (χ4v) is 1.96. The highest BCUT2D eigenvalue weighted by atomic mass is 79.9. The zero-order chi connectivity index (χ0) is 8.55. The molecule has 1 aromatic carbocycles. The summed E-state index contributed by atoms with van der Waals surface area (Å²) < 4.78 is 1.14. The van der Waals surface area contributed by atoms with E-state index in [0.29, 0.717) is 12.6 Å². The van der Waals surface area contributed by atoms with Gasteiger partial charge in [0.25, 0.3) is 0 Å². The van der Waals surface area contributed by atoms with Gasteiger partial charge < -0.3 is 11.1 Å². The minimum Gasteiger partial charge on any atom is -0.380 e. The molecule has 0 fully saturated rings. The van der Waals surface area contributed by atoms with Crippen molar-refractivity contribution in [1.82, 2.24) is 0 Å². The zero-order valence-corrected chi connectivity index (χ0v) is 8.26. The van der Waals surface area contributed by atoms with E-state index < -0.39 is 0 Å². The van der Waals surface area contributed by atoms with Crippen LogP contribution < -0.4 is 11.1 Å². The number of benzene rings is 1. The van der Waals surface area contributed by atoms with E-state index in [2.05, 4.69) is 33.4 Å². The average molecular weight is 227 g/mol. The fraction of sp³-hybridized carbons (Fsp3) is 0.333. The van der Waals surface area contributed by atoms with Crippen molar-refractivity contribution in [2.75, 3.05) is 11.9 Å². The Morgan fingerprint density at radius 2 is 2.42 bits per heavy atom. The van der Waals surface area contributed by atoms with Crippen molar-refractivity contribution in [3.8, 4) is 0 Å². The van der Waals surface area contributed by atoms with Gasteiger partial charge in [-0.25, -0.2) is 0 Å². The Morgan fingerprint density at radius 1 is 1.58 bits per heavy atom. The first-order valence-electron chi connectivity index (χ1n) is 4.04. The molecule has 3 N–H and O–H groups in total. The monoisotopic (exact) mass is 226 g/mol. The smallest absolute Gasteiger partial charge is 0.0424 e. The van der Waals surface area contributed by atoms with Gasteiger partial charge in [0.15, 0.2) is 0 Å². The van der Waals surface area contributed by atoms with Crippen molar-refractivity contribution < 1.29 is 0 Å². The summed E-state index contributed by atoms with van der Waals surface area (Å²) in [6.07, 6.45) is 1.05. The zero-order valence-electron chi connectivity index (χ0n) is 6.68. The summed E-state index contributed by atoms with van der Waals surface area (Å²) in [5.74, 6) is 0. The van der Waals surface area contributed by atoms with E-state index in [1.165, 1.54) is 11.3 Å². The Labute approximate surface area is 80.3 Å². The fourth-order valence-electron chi connectivity index (χ4n) is 1.55. The van der Waals surface area contributed by atoms with E-state index in [0.717, 1.165) is 10.9 Å². The molecule has 1 atom stereocenters. The first-order chi connectivity index (χ1) is 5.79. The normalized spacial score (nSPS) is 20.3. The second-order valence-electron chi connectivity index (χ2n) is 3.08. The van der Waals surface area contributed by atoms with Gasteiger partial charge in [-0.1, -0.05) is 15.9 Å². The number of hydrogen-bond acceptors (Lipinski definition) is 2. The van der Waals surface area contributed by atoms with Gasteiger partial charge in [-0.3, -0.25) is 0 Å². The minimum atomic E-state index is 0.425. The van der Waals surface area contributed by atoms with Gasteiger partial charge in [-0.05, 0) is 30.2 Å². The molecular formula is C9H11BrN2. The minimum absolute atomic E-state index is 0.425. The Morgan fingerprint density at radius 3 is 3.17 bits per heavy atom. The molecule has 0 bridgehead atoms. The van der Waals surface area contributed by atoms with Crippen molar-refractivity contribution >= 4 is 21.6 Å². The lowest BCUT2D eigenvalue weighted by Gasteiger charge is -2.05. The van der Waals surface area contributed by atoms with E-state index in [4.69, 9.17) is 5.73 Å². The van der Waals surface area contributed by atoms with Crippen LogP contribution in [0.3, 0.4) is 0 Å². The molecule has 2 rings (SSSR count). The highest BCUT2D eigenvalue weighted by Gasteiger charge is 2.18. The number of rotatable bonds is 1. The molecule has 1 aliphatic heterocycles. The van der Waals surface area contributed by atoms with E-state index in [9.17, 15) is 0 Å². The standard InChI is InChI=1S/C9H11BrN2/c10-7-1-2-9-6(3-7)4-8(5-11)12-9/h1-3,8,12H,4-5,11H2. The van der Waals surface area contributed by atoms with Crippen molar-refractivity contribution in [3.63, 3.8) is 0 Å². The van der Waals surface area contributed by atoms with Crippen LogP contribution in [-0.2, 0) is 6.42 Å². The predicted octanol–water partition coefficient (Wildman–Crippen LogP) is 1.74. The second-order valence-corrected chi connectivity index (χ2v) is 4.00. The van der Waals surface area contributed by atoms with Crippen LogP contribution >= 0.6 is 15.9 Å². The van der Waals surface area contributed by atoms with Crippen molar-refractivity contribution in [1.29, 1.82) is 0 Å². The SMILES string of the molecule is NCC1Cc2cc(Br)ccc2N1. The molecule has 64 valence electrons. The molecule has 1 unspecified atom stereocenters. The maximum absolute atomic E-state index is 5.58. The van der Waals surface area contributed by atoms with Crippen molar-refractivity contribution in [2.24, 2.45) is 5.73 Å². The van der Waals surface area contributed by atoms with Crippen LogP contribution in [0.4, 0.5) is 5.69 Å². The maximum Gasteiger partial charge on any atom is 0.0424 e. The van der Waals surface area contributed by atoms with Crippen LogP contribution in [0.2, 0.25) is 0 Å². The highest BCUT2D eigenvalue weighted by Crippen LogP contribution is 2.27.